The fourth-order valence-corrected chi connectivity index (χ4v) is 3.44. The molecule has 1 aliphatic carbocycles. The lowest BCUT2D eigenvalue weighted by Crippen LogP contribution is -2.27. The number of anilines is 1. The molecule has 2 N–H and O–H groups in total. The molecule has 22 heavy (non-hydrogen) atoms. The normalized spacial score (nSPS) is 23.7. The van der Waals surface area contributed by atoms with E-state index >= 15 is 0 Å². The molecule has 2 aromatic rings. The maximum atomic E-state index is 11.4. The van der Waals surface area contributed by atoms with Crippen LogP contribution in [-0.4, -0.2) is 20.6 Å². The molecule has 4 rings (SSSR count). The number of nitrogens with one attached hydrogen (secondary N) is 1. The third kappa shape index (κ3) is 2.01. The molecule has 2 aliphatic rings. The molecule has 1 aromatic carbocycles. The molecule has 112 valence electrons. The minimum atomic E-state index is -0.936. The zero-order valence-electron chi connectivity index (χ0n) is 12.1. The Morgan fingerprint density at radius 3 is 2.95 bits per heavy atom. The molecule has 5 heteroatoms. The maximum Gasteiger partial charge on any atom is 0.352 e. The number of para-hydroxylation sites is 2. The summed E-state index contributed by atoms with van der Waals surface area (Å²) in [5.74, 6) is 0.0908. The maximum absolute atomic E-state index is 11.4. The minimum Gasteiger partial charge on any atom is -0.477 e. The summed E-state index contributed by atoms with van der Waals surface area (Å²) in [6.07, 6.45) is 9.33. The molecule has 0 amide bonds. The molecular weight excluding hydrogens is 278 g/mol. The molecule has 0 fully saturated rings. The molecule has 2 heterocycles. The van der Waals surface area contributed by atoms with Gasteiger partial charge >= 0.3 is 5.97 Å². The Bertz CT molecular complexity index is 803. The highest BCUT2D eigenvalue weighted by molar-refractivity contribution is 5.91. The van der Waals surface area contributed by atoms with Crippen molar-refractivity contribution >= 4 is 23.0 Å². The second kappa shape index (κ2) is 5.02. The lowest BCUT2D eigenvalue weighted by Gasteiger charge is -2.31. The number of carboxylic acids is 1. The van der Waals surface area contributed by atoms with Crippen molar-refractivity contribution in [2.24, 2.45) is 5.92 Å². The SMILES string of the molecule is O=C(O)C1=CC(C2CC=CCC2)n2c(nc3ccccc32)N1. The predicted molar refractivity (Wildman–Crippen MR) is 84.6 cm³/mol. The number of hydrogen-bond acceptors (Lipinski definition) is 3. The first-order chi connectivity index (χ1) is 10.7. The Kier molecular flexibility index (Phi) is 2.99. The highest BCUT2D eigenvalue weighted by atomic mass is 16.4. The fourth-order valence-electron chi connectivity index (χ4n) is 3.44. The largest absolute Gasteiger partial charge is 0.477 e. The number of imidazole rings is 1. The van der Waals surface area contributed by atoms with Crippen molar-refractivity contribution in [2.75, 3.05) is 5.32 Å². The van der Waals surface area contributed by atoms with E-state index in [-0.39, 0.29) is 11.7 Å². The van der Waals surface area contributed by atoms with Gasteiger partial charge in [-0.25, -0.2) is 9.78 Å². The Balaban J connectivity index is 1.87. The van der Waals surface area contributed by atoms with Gasteiger partial charge in [-0.15, -0.1) is 0 Å². The summed E-state index contributed by atoms with van der Waals surface area (Å²) >= 11 is 0. The van der Waals surface area contributed by atoms with Crippen molar-refractivity contribution in [3.05, 3.63) is 48.2 Å². The number of aromatic nitrogens is 2. The predicted octanol–water partition coefficient (Wildman–Crippen LogP) is 3.33. The van der Waals surface area contributed by atoms with Crippen molar-refractivity contribution < 1.29 is 9.90 Å². The average Bonchev–Trinajstić information content (AvgIpc) is 2.93. The zero-order chi connectivity index (χ0) is 15.1. The topological polar surface area (TPSA) is 67.1 Å². The molecule has 1 aliphatic heterocycles. The number of rotatable bonds is 2. The van der Waals surface area contributed by atoms with Gasteiger partial charge in [-0.1, -0.05) is 24.3 Å². The van der Waals surface area contributed by atoms with Crippen LogP contribution in [-0.2, 0) is 4.79 Å². The average molecular weight is 295 g/mol. The van der Waals surface area contributed by atoms with E-state index in [1.54, 1.807) is 0 Å². The summed E-state index contributed by atoms with van der Waals surface area (Å²) in [5, 5.41) is 12.3. The van der Waals surface area contributed by atoms with Crippen LogP contribution in [0.3, 0.4) is 0 Å². The monoisotopic (exact) mass is 295 g/mol. The summed E-state index contributed by atoms with van der Waals surface area (Å²) in [7, 11) is 0. The number of carbonyl (C=O) groups is 1. The molecular formula is C17H17N3O2. The zero-order valence-corrected chi connectivity index (χ0v) is 12.1. The summed E-state index contributed by atoms with van der Waals surface area (Å²) in [4.78, 5) is 16.0. The van der Waals surface area contributed by atoms with Crippen LogP contribution in [0.15, 0.2) is 48.2 Å². The van der Waals surface area contributed by atoms with Crippen molar-refractivity contribution in [2.45, 2.75) is 25.3 Å². The molecule has 2 atom stereocenters. The van der Waals surface area contributed by atoms with Crippen LogP contribution in [0.1, 0.15) is 25.3 Å². The van der Waals surface area contributed by atoms with Crippen molar-refractivity contribution in [1.82, 2.24) is 9.55 Å². The van der Waals surface area contributed by atoms with Crippen LogP contribution in [0.25, 0.3) is 11.0 Å². The van der Waals surface area contributed by atoms with E-state index < -0.39 is 5.97 Å². The number of carboxylic acid groups (broad SMARTS) is 1. The lowest BCUT2D eigenvalue weighted by atomic mass is 9.86. The molecule has 0 radical (unpaired) electrons. The second-order valence-electron chi connectivity index (χ2n) is 5.84. The van der Waals surface area contributed by atoms with Gasteiger partial charge in [0.1, 0.15) is 5.70 Å². The number of aliphatic carboxylic acids is 1. The third-order valence-electron chi connectivity index (χ3n) is 4.50. The van der Waals surface area contributed by atoms with E-state index in [1.807, 2.05) is 30.3 Å². The summed E-state index contributed by atoms with van der Waals surface area (Å²) in [6.45, 7) is 0. The van der Waals surface area contributed by atoms with Gasteiger partial charge in [0, 0.05) is 0 Å². The number of benzene rings is 1. The summed E-state index contributed by atoms with van der Waals surface area (Å²) in [5.41, 5.74) is 2.16. The highest BCUT2D eigenvalue weighted by Crippen LogP contribution is 2.38. The Morgan fingerprint density at radius 2 is 2.18 bits per heavy atom. The smallest absolute Gasteiger partial charge is 0.352 e. The van der Waals surface area contributed by atoms with Crippen LogP contribution < -0.4 is 5.32 Å². The van der Waals surface area contributed by atoms with Gasteiger partial charge in [-0.3, -0.25) is 0 Å². The Morgan fingerprint density at radius 1 is 1.32 bits per heavy atom. The molecule has 0 saturated heterocycles. The van der Waals surface area contributed by atoms with Crippen molar-refractivity contribution in [1.29, 1.82) is 0 Å². The molecule has 5 nitrogen and oxygen atoms in total. The van der Waals surface area contributed by atoms with Gasteiger partial charge in [-0.05, 0) is 43.4 Å². The van der Waals surface area contributed by atoms with Crippen LogP contribution in [0.4, 0.5) is 5.95 Å². The van der Waals surface area contributed by atoms with E-state index in [0.717, 1.165) is 30.3 Å². The first-order valence-corrected chi connectivity index (χ1v) is 7.58. The fraction of sp³-hybridized carbons (Fsp3) is 0.294. The quantitative estimate of drug-likeness (QED) is 0.834. The Hall–Kier alpha value is -2.56. The van der Waals surface area contributed by atoms with E-state index in [1.165, 1.54) is 0 Å². The summed E-state index contributed by atoms with van der Waals surface area (Å²) in [6, 6.07) is 7.97. The molecule has 0 saturated carbocycles. The van der Waals surface area contributed by atoms with E-state index in [4.69, 9.17) is 0 Å². The minimum absolute atomic E-state index is 0.0275. The standard InChI is InChI=1S/C17H17N3O2/c21-16(22)13-10-15(11-6-2-1-3-7-11)20-14-9-5-4-8-12(14)18-17(20)19-13/h1-2,4-5,8-11,15H,3,6-7H2,(H,18,19)(H,21,22). The van der Waals surface area contributed by atoms with Crippen LogP contribution in [0, 0.1) is 5.92 Å². The van der Waals surface area contributed by atoms with E-state index in [2.05, 4.69) is 27.0 Å². The van der Waals surface area contributed by atoms with Gasteiger partial charge in [0.25, 0.3) is 0 Å². The number of allylic oxidation sites excluding steroid dienone is 3. The Labute approximate surface area is 128 Å². The first-order valence-electron chi connectivity index (χ1n) is 7.58. The van der Waals surface area contributed by atoms with Crippen molar-refractivity contribution in [3.8, 4) is 0 Å². The number of fused-ring (bicyclic) bond motifs is 3. The summed E-state index contributed by atoms with van der Waals surface area (Å²) < 4.78 is 2.14. The number of hydrogen-bond donors (Lipinski definition) is 2. The first kappa shape index (κ1) is 13.1. The van der Waals surface area contributed by atoms with Crippen LogP contribution >= 0.6 is 0 Å². The van der Waals surface area contributed by atoms with Crippen LogP contribution in [0.2, 0.25) is 0 Å². The van der Waals surface area contributed by atoms with E-state index in [0.29, 0.717) is 11.9 Å². The van der Waals surface area contributed by atoms with Gasteiger partial charge < -0.3 is 15.0 Å². The number of nitrogens with zero attached hydrogens (tertiary/aromatic N) is 2. The lowest BCUT2D eigenvalue weighted by molar-refractivity contribution is -0.132. The molecule has 1 aromatic heterocycles. The second-order valence-corrected chi connectivity index (χ2v) is 5.84. The van der Waals surface area contributed by atoms with Gasteiger partial charge in [0.2, 0.25) is 5.95 Å². The third-order valence-corrected chi connectivity index (χ3v) is 4.50. The van der Waals surface area contributed by atoms with Crippen molar-refractivity contribution in [3.63, 3.8) is 0 Å². The molecule has 2 unspecified atom stereocenters. The highest BCUT2D eigenvalue weighted by Gasteiger charge is 2.31. The molecule has 0 bridgehead atoms. The van der Waals surface area contributed by atoms with Gasteiger partial charge in [0.15, 0.2) is 0 Å². The molecule has 0 spiro atoms. The van der Waals surface area contributed by atoms with Crippen LogP contribution in [0.5, 0.6) is 0 Å². The van der Waals surface area contributed by atoms with E-state index in [9.17, 15) is 9.90 Å². The van der Waals surface area contributed by atoms with Gasteiger partial charge in [-0.2, -0.15) is 0 Å². The van der Waals surface area contributed by atoms with Gasteiger partial charge in [0.05, 0.1) is 17.1 Å².